The first-order chi connectivity index (χ1) is 9.28. The number of esters is 1. The molecular weight excluding hydrogens is 294 g/mol. The number of aliphatic carboxylic acids is 1. The van der Waals surface area contributed by atoms with E-state index in [0.29, 0.717) is 0 Å². The molecule has 0 amide bonds. The Bertz CT molecular complexity index is 376. The summed E-state index contributed by atoms with van der Waals surface area (Å²) in [7, 11) is 0. The van der Waals surface area contributed by atoms with Gasteiger partial charge in [-0.25, -0.2) is 4.79 Å². The number of carboxylic acid groups (broad SMARTS) is 1. The third kappa shape index (κ3) is 6.67. The Hall–Kier alpha value is -0.790. The molecule has 3 atom stereocenters. The van der Waals surface area contributed by atoms with Crippen molar-refractivity contribution < 1.29 is 24.5 Å². The van der Waals surface area contributed by atoms with Crippen LogP contribution in [0.15, 0.2) is 0 Å². The average Bonchev–Trinajstić information content (AvgIpc) is 2.25. The van der Waals surface area contributed by atoms with Crippen LogP contribution in [0.4, 0.5) is 0 Å². The van der Waals surface area contributed by atoms with E-state index in [0.717, 1.165) is 6.92 Å². The zero-order chi connectivity index (χ0) is 17.0. The van der Waals surface area contributed by atoms with E-state index in [1.165, 1.54) is 11.8 Å². The van der Waals surface area contributed by atoms with E-state index in [1.54, 1.807) is 20.8 Å². The summed E-state index contributed by atoms with van der Waals surface area (Å²) in [5, 5.41) is 19.0. The molecular formula is C14H27NO5S. The Morgan fingerprint density at radius 1 is 1.24 bits per heavy atom. The van der Waals surface area contributed by atoms with Gasteiger partial charge in [-0.1, -0.05) is 13.8 Å². The van der Waals surface area contributed by atoms with Crippen LogP contribution in [0.25, 0.3) is 0 Å². The van der Waals surface area contributed by atoms with Crippen LogP contribution in [0.2, 0.25) is 0 Å². The highest BCUT2D eigenvalue weighted by atomic mass is 32.2. The normalized spacial score (nSPS) is 18.0. The zero-order valence-electron chi connectivity index (χ0n) is 13.5. The van der Waals surface area contributed by atoms with Crippen molar-refractivity contribution in [3.05, 3.63) is 0 Å². The molecule has 3 unspecified atom stereocenters. The van der Waals surface area contributed by atoms with Crippen molar-refractivity contribution in [3.8, 4) is 0 Å². The summed E-state index contributed by atoms with van der Waals surface area (Å²) in [6, 6.07) is -1.04. The number of hydrogen-bond acceptors (Lipinski definition) is 6. The van der Waals surface area contributed by atoms with E-state index < -0.39 is 28.5 Å². The smallest absolute Gasteiger partial charge is 0.337 e. The second-order valence-corrected chi connectivity index (χ2v) is 8.31. The first-order valence-corrected chi connectivity index (χ1v) is 7.80. The molecule has 0 aliphatic carbocycles. The van der Waals surface area contributed by atoms with Crippen molar-refractivity contribution in [1.82, 2.24) is 0 Å². The summed E-state index contributed by atoms with van der Waals surface area (Å²) in [6.07, 6.45) is 0.0595. The quantitative estimate of drug-likeness (QED) is 0.482. The van der Waals surface area contributed by atoms with Crippen LogP contribution >= 0.6 is 11.8 Å². The molecule has 0 aliphatic heterocycles. The Labute approximate surface area is 130 Å². The first kappa shape index (κ1) is 20.2. The third-order valence-corrected chi connectivity index (χ3v) is 4.01. The van der Waals surface area contributed by atoms with Gasteiger partial charge in [0.1, 0.15) is 5.44 Å². The molecule has 0 radical (unpaired) electrons. The molecule has 0 aromatic heterocycles. The molecule has 6 nitrogen and oxygen atoms in total. The molecule has 0 rings (SSSR count). The van der Waals surface area contributed by atoms with Gasteiger partial charge in [-0.15, -0.1) is 11.8 Å². The number of carboxylic acids is 1. The van der Waals surface area contributed by atoms with E-state index in [4.69, 9.17) is 15.6 Å². The van der Waals surface area contributed by atoms with Crippen LogP contribution in [0.1, 0.15) is 48.0 Å². The van der Waals surface area contributed by atoms with Gasteiger partial charge in [-0.3, -0.25) is 4.79 Å². The van der Waals surface area contributed by atoms with Crippen molar-refractivity contribution >= 4 is 23.7 Å². The minimum atomic E-state index is -2.07. The lowest BCUT2D eigenvalue weighted by Gasteiger charge is -2.30. The highest BCUT2D eigenvalue weighted by Crippen LogP contribution is 2.28. The van der Waals surface area contributed by atoms with Gasteiger partial charge in [0.15, 0.2) is 5.60 Å². The molecule has 0 heterocycles. The lowest BCUT2D eigenvalue weighted by atomic mass is 9.94. The molecule has 0 saturated carbocycles. The van der Waals surface area contributed by atoms with Gasteiger partial charge in [0.05, 0.1) is 5.41 Å². The lowest BCUT2D eigenvalue weighted by molar-refractivity contribution is -0.160. The summed E-state index contributed by atoms with van der Waals surface area (Å²) < 4.78 is 5.41. The molecule has 4 N–H and O–H groups in total. The maximum absolute atomic E-state index is 12.0. The van der Waals surface area contributed by atoms with Crippen molar-refractivity contribution in [1.29, 1.82) is 0 Å². The number of hydrogen-bond donors (Lipinski definition) is 3. The summed E-state index contributed by atoms with van der Waals surface area (Å²) >= 11 is 1.37. The maximum atomic E-state index is 12.0. The SMILES string of the molecule is CC(C)SC(CC(N)C(C)(O)C(=O)O)OC(=O)C(C)(C)C. The van der Waals surface area contributed by atoms with Gasteiger partial charge in [0.2, 0.25) is 0 Å². The summed E-state index contributed by atoms with van der Waals surface area (Å²) in [4.78, 5) is 23.0. The number of aliphatic hydroxyl groups is 1. The Morgan fingerprint density at radius 2 is 1.71 bits per heavy atom. The maximum Gasteiger partial charge on any atom is 0.337 e. The largest absolute Gasteiger partial charge is 0.479 e. The molecule has 124 valence electrons. The third-order valence-electron chi connectivity index (χ3n) is 2.88. The zero-order valence-corrected chi connectivity index (χ0v) is 14.4. The molecule has 21 heavy (non-hydrogen) atoms. The molecule has 0 aliphatic rings. The summed E-state index contributed by atoms with van der Waals surface area (Å²) in [6.45, 7) is 10.2. The van der Waals surface area contributed by atoms with E-state index in [9.17, 15) is 14.7 Å². The van der Waals surface area contributed by atoms with Crippen LogP contribution in [0.3, 0.4) is 0 Å². The minimum Gasteiger partial charge on any atom is -0.479 e. The highest BCUT2D eigenvalue weighted by Gasteiger charge is 2.39. The fraction of sp³-hybridized carbons (Fsp3) is 0.857. The summed E-state index contributed by atoms with van der Waals surface area (Å²) in [5.74, 6) is -1.78. The molecule has 7 heteroatoms. The van der Waals surface area contributed by atoms with Crippen LogP contribution in [-0.2, 0) is 14.3 Å². The minimum absolute atomic E-state index is 0.0595. The summed E-state index contributed by atoms with van der Waals surface area (Å²) in [5.41, 5.74) is 2.46. The van der Waals surface area contributed by atoms with Crippen molar-refractivity contribution in [3.63, 3.8) is 0 Å². The van der Waals surface area contributed by atoms with Crippen molar-refractivity contribution in [2.45, 2.75) is 70.3 Å². The Kier molecular flexibility index (Phi) is 7.19. The molecule has 0 fully saturated rings. The molecule has 0 bridgehead atoms. The predicted octanol–water partition coefficient (Wildman–Crippen LogP) is 1.60. The average molecular weight is 321 g/mol. The number of thioether (sulfide) groups is 1. The number of carbonyl (C=O) groups excluding carboxylic acids is 1. The highest BCUT2D eigenvalue weighted by molar-refractivity contribution is 8.00. The second kappa shape index (κ2) is 7.47. The molecule has 0 spiro atoms. The topological polar surface area (TPSA) is 110 Å². The van der Waals surface area contributed by atoms with Crippen molar-refractivity contribution in [2.75, 3.05) is 0 Å². The van der Waals surface area contributed by atoms with Gasteiger partial charge < -0.3 is 20.7 Å². The Balaban J connectivity index is 4.94. The monoisotopic (exact) mass is 321 g/mol. The molecule has 0 aromatic carbocycles. The number of carbonyl (C=O) groups is 2. The van der Waals surface area contributed by atoms with Crippen LogP contribution in [-0.4, -0.2) is 44.5 Å². The van der Waals surface area contributed by atoms with E-state index in [1.807, 2.05) is 13.8 Å². The van der Waals surface area contributed by atoms with E-state index in [2.05, 4.69) is 0 Å². The van der Waals surface area contributed by atoms with Crippen molar-refractivity contribution in [2.24, 2.45) is 11.1 Å². The van der Waals surface area contributed by atoms with Crippen LogP contribution in [0, 0.1) is 5.41 Å². The number of nitrogens with two attached hydrogens (primary N) is 1. The molecule has 0 saturated heterocycles. The number of ether oxygens (including phenoxy) is 1. The van der Waals surface area contributed by atoms with Gasteiger partial charge in [0.25, 0.3) is 0 Å². The van der Waals surface area contributed by atoms with Gasteiger partial charge >= 0.3 is 11.9 Å². The standard InChI is InChI=1S/C14H27NO5S/c1-8(2)21-10(20-12(18)13(3,4)5)7-9(15)14(6,19)11(16)17/h8-10,19H,7,15H2,1-6H3,(H,16,17). The number of rotatable bonds is 7. The fourth-order valence-corrected chi connectivity index (χ4v) is 2.40. The van der Waals surface area contributed by atoms with Gasteiger partial charge in [-0.05, 0) is 27.7 Å². The van der Waals surface area contributed by atoms with Gasteiger partial charge in [0, 0.05) is 17.7 Å². The van der Waals surface area contributed by atoms with Crippen LogP contribution in [0.5, 0.6) is 0 Å². The molecule has 0 aromatic rings. The predicted molar refractivity (Wildman–Crippen MR) is 82.9 cm³/mol. The first-order valence-electron chi connectivity index (χ1n) is 6.86. The fourth-order valence-electron chi connectivity index (χ4n) is 1.33. The second-order valence-electron chi connectivity index (χ2n) is 6.56. The van der Waals surface area contributed by atoms with Gasteiger partial charge in [-0.2, -0.15) is 0 Å². The lowest BCUT2D eigenvalue weighted by Crippen LogP contribution is -2.53. The Morgan fingerprint density at radius 3 is 2.05 bits per heavy atom. The van der Waals surface area contributed by atoms with E-state index in [-0.39, 0.29) is 17.6 Å². The van der Waals surface area contributed by atoms with Crippen LogP contribution < -0.4 is 5.73 Å². The van der Waals surface area contributed by atoms with E-state index >= 15 is 0 Å².